The zero-order valence-corrected chi connectivity index (χ0v) is 15.2. The number of rotatable bonds is 3. The maximum Gasteiger partial charge on any atom is 0.252 e. The Morgan fingerprint density at radius 1 is 1.08 bits per heavy atom. The molecule has 0 bridgehead atoms. The quantitative estimate of drug-likeness (QED) is 0.730. The summed E-state index contributed by atoms with van der Waals surface area (Å²) in [6.45, 7) is 10.1. The molecule has 7 nitrogen and oxygen atoms in total. The van der Waals surface area contributed by atoms with Crippen molar-refractivity contribution in [3.8, 4) is 0 Å². The lowest BCUT2D eigenvalue weighted by molar-refractivity contribution is 0.577. The highest BCUT2D eigenvalue weighted by molar-refractivity contribution is 5.39. The number of aromatic nitrogens is 6. The lowest BCUT2D eigenvalue weighted by atomic mass is 9.96. The van der Waals surface area contributed by atoms with Crippen molar-refractivity contribution < 1.29 is 0 Å². The summed E-state index contributed by atoms with van der Waals surface area (Å²) in [4.78, 5) is 20.2. The second-order valence-corrected chi connectivity index (χ2v) is 6.96. The number of anilines is 1. The van der Waals surface area contributed by atoms with Crippen LogP contribution in [0.3, 0.4) is 0 Å². The molecule has 3 aromatic heterocycles. The van der Waals surface area contributed by atoms with Crippen molar-refractivity contribution in [2.75, 3.05) is 18.0 Å². The van der Waals surface area contributed by atoms with Crippen molar-refractivity contribution in [2.45, 2.75) is 40.5 Å². The van der Waals surface area contributed by atoms with E-state index >= 15 is 0 Å². The molecule has 1 unspecified atom stereocenters. The molecule has 0 N–H and O–H groups in total. The number of fused-ring (bicyclic) bond motifs is 1. The van der Waals surface area contributed by atoms with E-state index in [0.29, 0.717) is 11.7 Å². The van der Waals surface area contributed by atoms with E-state index in [9.17, 15) is 0 Å². The molecule has 0 amide bonds. The first-order valence-electron chi connectivity index (χ1n) is 8.74. The fourth-order valence-corrected chi connectivity index (χ4v) is 3.70. The molecule has 4 heterocycles. The molecule has 1 aliphatic heterocycles. The minimum Gasteiger partial charge on any atom is -0.355 e. The molecule has 0 aromatic carbocycles. The Balaban J connectivity index is 1.56. The van der Waals surface area contributed by atoms with Crippen LogP contribution < -0.4 is 4.90 Å². The lowest BCUT2D eigenvalue weighted by Crippen LogP contribution is -2.22. The first kappa shape index (κ1) is 15.9. The maximum atomic E-state index is 4.64. The van der Waals surface area contributed by atoms with Gasteiger partial charge in [0.15, 0.2) is 0 Å². The molecule has 1 fully saturated rings. The average Bonchev–Trinajstić information content (AvgIpc) is 3.18. The Morgan fingerprint density at radius 2 is 1.92 bits per heavy atom. The highest BCUT2D eigenvalue weighted by Crippen LogP contribution is 2.26. The van der Waals surface area contributed by atoms with Crippen molar-refractivity contribution in [1.82, 2.24) is 29.5 Å². The summed E-state index contributed by atoms with van der Waals surface area (Å²) in [6.07, 6.45) is 5.82. The van der Waals surface area contributed by atoms with Gasteiger partial charge in [0.1, 0.15) is 11.6 Å². The van der Waals surface area contributed by atoms with Crippen LogP contribution in [0.2, 0.25) is 0 Å². The first-order valence-corrected chi connectivity index (χ1v) is 8.74. The monoisotopic (exact) mass is 337 g/mol. The van der Waals surface area contributed by atoms with Crippen LogP contribution in [0.15, 0.2) is 12.4 Å². The van der Waals surface area contributed by atoms with Crippen molar-refractivity contribution in [3.63, 3.8) is 0 Å². The molecule has 1 aliphatic rings. The third-order valence-electron chi connectivity index (χ3n) is 5.00. The van der Waals surface area contributed by atoms with Crippen LogP contribution >= 0.6 is 0 Å². The fraction of sp³-hybridized carbons (Fsp3) is 0.500. The second-order valence-electron chi connectivity index (χ2n) is 6.96. The van der Waals surface area contributed by atoms with Crippen LogP contribution in [0.25, 0.3) is 5.78 Å². The van der Waals surface area contributed by atoms with Gasteiger partial charge in [-0.2, -0.15) is 10.1 Å². The van der Waals surface area contributed by atoms with Crippen LogP contribution in [0.1, 0.15) is 34.9 Å². The van der Waals surface area contributed by atoms with Gasteiger partial charge >= 0.3 is 0 Å². The van der Waals surface area contributed by atoms with E-state index in [2.05, 4.69) is 43.8 Å². The molecule has 25 heavy (non-hydrogen) atoms. The molecule has 1 atom stereocenters. The minimum atomic E-state index is 0.587. The van der Waals surface area contributed by atoms with Gasteiger partial charge in [-0.05, 0) is 52.0 Å². The summed E-state index contributed by atoms with van der Waals surface area (Å²) in [5.41, 5.74) is 4.46. The molecule has 4 rings (SSSR count). The molecule has 0 spiro atoms. The van der Waals surface area contributed by atoms with Gasteiger partial charge in [-0.25, -0.2) is 14.5 Å². The van der Waals surface area contributed by atoms with Crippen LogP contribution in [-0.2, 0) is 6.42 Å². The minimum absolute atomic E-state index is 0.587. The molecule has 0 aliphatic carbocycles. The Hall–Kier alpha value is -2.57. The fourth-order valence-electron chi connectivity index (χ4n) is 3.70. The van der Waals surface area contributed by atoms with E-state index in [1.54, 1.807) is 6.20 Å². The molecule has 0 saturated carbocycles. The van der Waals surface area contributed by atoms with Gasteiger partial charge in [-0.1, -0.05) is 0 Å². The molecule has 7 heteroatoms. The van der Waals surface area contributed by atoms with Gasteiger partial charge < -0.3 is 4.90 Å². The Labute approximate surface area is 147 Å². The molecule has 1 saturated heterocycles. The molecular weight excluding hydrogens is 314 g/mol. The lowest BCUT2D eigenvalue weighted by Gasteiger charge is -2.18. The van der Waals surface area contributed by atoms with E-state index in [4.69, 9.17) is 0 Å². The standard InChI is InChI=1S/C18H23N7/c1-11-8-19-9-17(20-11)24-6-5-15(10-24)7-16-12(2)21-18-22-14(4)23-25(18)13(16)3/h8-9,15H,5-7,10H2,1-4H3. The summed E-state index contributed by atoms with van der Waals surface area (Å²) < 4.78 is 1.87. The number of aryl methyl sites for hydroxylation is 4. The summed E-state index contributed by atoms with van der Waals surface area (Å²) in [5, 5.41) is 4.48. The highest BCUT2D eigenvalue weighted by Gasteiger charge is 2.26. The van der Waals surface area contributed by atoms with Crippen LogP contribution in [0.4, 0.5) is 5.82 Å². The molecule has 130 valence electrons. The van der Waals surface area contributed by atoms with E-state index < -0.39 is 0 Å². The van der Waals surface area contributed by atoms with Crippen molar-refractivity contribution >= 4 is 11.6 Å². The maximum absolute atomic E-state index is 4.64. The van der Waals surface area contributed by atoms with Crippen molar-refractivity contribution in [1.29, 1.82) is 0 Å². The number of nitrogens with zero attached hydrogens (tertiary/aromatic N) is 7. The zero-order valence-electron chi connectivity index (χ0n) is 15.2. The molecule has 3 aromatic rings. The smallest absolute Gasteiger partial charge is 0.252 e. The second kappa shape index (κ2) is 6.06. The van der Waals surface area contributed by atoms with Crippen LogP contribution in [-0.4, -0.2) is 42.6 Å². The van der Waals surface area contributed by atoms with Gasteiger partial charge in [0, 0.05) is 30.7 Å². The number of hydrogen-bond donors (Lipinski definition) is 0. The van der Waals surface area contributed by atoms with Gasteiger partial charge in [0.05, 0.1) is 11.9 Å². The summed E-state index contributed by atoms with van der Waals surface area (Å²) in [5.74, 6) is 3.02. The Bertz CT molecular complexity index is 931. The van der Waals surface area contributed by atoms with Crippen LogP contribution in [0, 0.1) is 33.6 Å². The van der Waals surface area contributed by atoms with Crippen molar-refractivity contribution in [2.24, 2.45) is 5.92 Å². The molecule has 0 radical (unpaired) electrons. The third kappa shape index (κ3) is 2.94. The van der Waals surface area contributed by atoms with E-state index in [-0.39, 0.29) is 0 Å². The SMILES string of the molecule is Cc1cncc(N2CCC(Cc3c(C)nc4nc(C)nn4c3C)C2)n1. The van der Waals surface area contributed by atoms with Crippen molar-refractivity contribution in [3.05, 3.63) is 40.9 Å². The topological polar surface area (TPSA) is 72.1 Å². The largest absolute Gasteiger partial charge is 0.355 e. The van der Waals surface area contributed by atoms with E-state index in [0.717, 1.165) is 54.7 Å². The van der Waals surface area contributed by atoms with Gasteiger partial charge in [0.2, 0.25) is 0 Å². The van der Waals surface area contributed by atoms with Crippen LogP contribution in [0.5, 0.6) is 0 Å². The normalized spacial score (nSPS) is 17.6. The van der Waals surface area contributed by atoms with Gasteiger partial charge in [-0.15, -0.1) is 0 Å². The van der Waals surface area contributed by atoms with Gasteiger partial charge in [-0.3, -0.25) is 4.98 Å². The predicted molar refractivity (Wildman–Crippen MR) is 95.8 cm³/mol. The average molecular weight is 337 g/mol. The summed E-state index contributed by atoms with van der Waals surface area (Å²) >= 11 is 0. The first-order chi connectivity index (χ1) is 12.0. The molecular formula is C18H23N7. The van der Waals surface area contributed by atoms with Gasteiger partial charge in [0.25, 0.3) is 5.78 Å². The number of hydrogen-bond acceptors (Lipinski definition) is 6. The summed E-state index contributed by atoms with van der Waals surface area (Å²) in [7, 11) is 0. The third-order valence-corrected chi connectivity index (χ3v) is 5.00. The summed E-state index contributed by atoms with van der Waals surface area (Å²) in [6, 6.07) is 0. The van der Waals surface area contributed by atoms with E-state index in [1.165, 1.54) is 5.56 Å². The zero-order chi connectivity index (χ0) is 17.6. The Kier molecular flexibility index (Phi) is 3.86. The Morgan fingerprint density at radius 3 is 2.72 bits per heavy atom. The predicted octanol–water partition coefficient (Wildman–Crippen LogP) is 2.22. The van der Waals surface area contributed by atoms with E-state index in [1.807, 2.05) is 24.6 Å². The highest BCUT2D eigenvalue weighted by atomic mass is 15.3.